The summed E-state index contributed by atoms with van der Waals surface area (Å²) in [4.78, 5) is 12.5. The molecule has 2 aromatic carbocycles. The first-order valence-corrected chi connectivity index (χ1v) is 7.59. The Labute approximate surface area is 144 Å². The van der Waals surface area contributed by atoms with Crippen LogP contribution in [0.25, 0.3) is 5.69 Å². The topological polar surface area (TPSA) is 70.7 Å². The van der Waals surface area contributed by atoms with E-state index in [2.05, 4.69) is 10.4 Å². The minimum Gasteiger partial charge on any atom is -0.322 e. The Morgan fingerprint density at radius 3 is 2.71 bits per heavy atom. The fraction of sp³-hybridized carbons (Fsp3) is 0.0556. The van der Waals surface area contributed by atoms with E-state index in [9.17, 15) is 4.79 Å². The SMILES string of the molecule is Cc1c(C(=O)Nc2ccc(Cl)c(C#N)c2)cnn1-c1ccccc1. The molecule has 0 fully saturated rings. The quantitative estimate of drug-likeness (QED) is 0.787. The fourth-order valence-corrected chi connectivity index (χ4v) is 2.51. The molecule has 0 aliphatic rings. The van der Waals surface area contributed by atoms with Gasteiger partial charge in [-0.3, -0.25) is 4.79 Å². The molecule has 5 nitrogen and oxygen atoms in total. The number of anilines is 1. The van der Waals surface area contributed by atoms with Gasteiger partial charge in [0.05, 0.1) is 33.7 Å². The van der Waals surface area contributed by atoms with Crippen molar-refractivity contribution in [2.24, 2.45) is 0 Å². The molecule has 0 bridgehead atoms. The van der Waals surface area contributed by atoms with Crippen LogP contribution < -0.4 is 5.32 Å². The third-order valence-corrected chi connectivity index (χ3v) is 3.93. The van der Waals surface area contributed by atoms with Crippen molar-refractivity contribution in [3.63, 3.8) is 0 Å². The number of nitrogens with zero attached hydrogens (tertiary/aromatic N) is 3. The van der Waals surface area contributed by atoms with Gasteiger partial charge in [-0.05, 0) is 37.3 Å². The highest BCUT2D eigenvalue weighted by Crippen LogP contribution is 2.21. The maximum atomic E-state index is 12.5. The molecule has 1 aromatic heterocycles. The molecule has 0 aliphatic carbocycles. The summed E-state index contributed by atoms with van der Waals surface area (Å²) in [6.07, 6.45) is 1.53. The maximum absolute atomic E-state index is 12.5. The smallest absolute Gasteiger partial charge is 0.259 e. The number of nitriles is 1. The van der Waals surface area contributed by atoms with E-state index in [1.54, 1.807) is 16.8 Å². The van der Waals surface area contributed by atoms with E-state index in [0.717, 1.165) is 11.4 Å². The lowest BCUT2D eigenvalue weighted by Gasteiger charge is -2.07. The van der Waals surface area contributed by atoms with Crippen LogP contribution in [0.1, 0.15) is 21.6 Å². The predicted octanol–water partition coefficient (Wildman–Crippen LogP) is 3.96. The van der Waals surface area contributed by atoms with E-state index >= 15 is 0 Å². The predicted molar refractivity (Wildman–Crippen MR) is 92.4 cm³/mol. The summed E-state index contributed by atoms with van der Waals surface area (Å²) in [5, 5.41) is 16.4. The zero-order chi connectivity index (χ0) is 17.1. The van der Waals surface area contributed by atoms with E-state index in [1.165, 1.54) is 12.3 Å². The number of carbonyl (C=O) groups excluding carboxylic acids is 1. The summed E-state index contributed by atoms with van der Waals surface area (Å²) in [7, 11) is 0. The first-order valence-electron chi connectivity index (χ1n) is 7.21. The summed E-state index contributed by atoms with van der Waals surface area (Å²) in [6, 6.07) is 16.3. The Bertz CT molecular complexity index is 941. The molecule has 0 saturated carbocycles. The maximum Gasteiger partial charge on any atom is 0.259 e. The van der Waals surface area contributed by atoms with Crippen LogP contribution in [0.2, 0.25) is 5.02 Å². The van der Waals surface area contributed by atoms with Gasteiger partial charge < -0.3 is 5.32 Å². The number of para-hydroxylation sites is 1. The van der Waals surface area contributed by atoms with Crippen molar-refractivity contribution < 1.29 is 4.79 Å². The third kappa shape index (κ3) is 3.00. The van der Waals surface area contributed by atoms with Crippen LogP contribution in [0.5, 0.6) is 0 Å². The van der Waals surface area contributed by atoms with Gasteiger partial charge in [0, 0.05) is 5.69 Å². The lowest BCUT2D eigenvalue weighted by Crippen LogP contribution is -2.13. The molecule has 0 spiro atoms. The summed E-state index contributed by atoms with van der Waals surface area (Å²) in [5.74, 6) is -0.291. The molecule has 0 aliphatic heterocycles. The van der Waals surface area contributed by atoms with Crippen molar-refractivity contribution in [3.8, 4) is 11.8 Å². The average molecular weight is 337 g/mol. The molecule has 0 radical (unpaired) electrons. The molecular weight excluding hydrogens is 324 g/mol. The molecule has 3 rings (SSSR count). The standard InChI is InChI=1S/C18H13ClN4O/c1-12-16(11-21-23(12)15-5-3-2-4-6-15)18(24)22-14-7-8-17(19)13(9-14)10-20/h2-9,11H,1H3,(H,22,24). The molecule has 1 amide bonds. The van der Waals surface area contributed by atoms with E-state index in [1.807, 2.05) is 43.3 Å². The van der Waals surface area contributed by atoms with Gasteiger partial charge in [0.2, 0.25) is 0 Å². The molecule has 1 N–H and O–H groups in total. The highest BCUT2D eigenvalue weighted by atomic mass is 35.5. The third-order valence-electron chi connectivity index (χ3n) is 3.60. The zero-order valence-electron chi connectivity index (χ0n) is 12.8. The van der Waals surface area contributed by atoms with Crippen molar-refractivity contribution in [1.82, 2.24) is 9.78 Å². The van der Waals surface area contributed by atoms with Crippen molar-refractivity contribution in [1.29, 1.82) is 5.26 Å². The Balaban J connectivity index is 1.87. The van der Waals surface area contributed by atoms with E-state index in [4.69, 9.17) is 16.9 Å². The lowest BCUT2D eigenvalue weighted by molar-refractivity contribution is 0.102. The van der Waals surface area contributed by atoms with Gasteiger partial charge in [-0.25, -0.2) is 4.68 Å². The number of benzene rings is 2. The number of rotatable bonds is 3. The van der Waals surface area contributed by atoms with Crippen LogP contribution in [0.15, 0.2) is 54.7 Å². The highest BCUT2D eigenvalue weighted by molar-refractivity contribution is 6.31. The normalized spacial score (nSPS) is 10.2. The van der Waals surface area contributed by atoms with Gasteiger partial charge in [0.1, 0.15) is 6.07 Å². The van der Waals surface area contributed by atoms with Gasteiger partial charge in [-0.1, -0.05) is 29.8 Å². The zero-order valence-corrected chi connectivity index (χ0v) is 13.6. The Hall–Kier alpha value is -3.10. The van der Waals surface area contributed by atoms with E-state index in [0.29, 0.717) is 21.8 Å². The van der Waals surface area contributed by atoms with Crippen LogP contribution in [-0.4, -0.2) is 15.7 Å². The first-order chi connectivity index (χ1) is 11.6. The highest BCUT2D eigenvalue weighted by Gasteiger charge is 2.15. The van der Waals surface area contributed by atoms with Gasteiger partial charge in [-0.2, -0.15) is 10.4 Å². The van der Waals surface area contributed by atoms with Gasteiger partial charge in [0.15, 0.2) is 0 Å². The summed E-state index contributed by atoms with van der Waals surface area (Å²) >= 11 is 5.90. The molecule has 0 unspecified atom stereocenters. The second kappa shape index (κ2) is 6.57. The first kappa shape index (κ1) is 15.8. The Morgan fingerprint density at radius 2 is 2.00 bits per heavy atom. The van der Waals surface area contributed by atoms with Crippen molar-refractivity contribution in [2.45, 2.75) is 6.92 Å². The minimum absolute atomic E-state index is 0.291. The number of hydrogen-bond acceptors (Lipinski definition) is 3. The number of amides is 1. The van der Waals surface area contributed by atoms with E-state index < -0.39 is 0 Å². The fourth-order valence-electron chi connectivity index (χ4n) is 2.35. The molecule has 0 atom stereocenters. The number of carbonyl (C=O) groups is 1. The van der Waals surface area contributed by atoms with Crippen molar-refractivity contribution in [2.75, 3.05) is 5.32 Å². The van der Waals surface area contributed by atoms with Gasteiger partial charge in [-0.15, -0.1) is 0 Å². The second-order valence-corrected chi connectivity index (χ2v) is 5.56. The lowest BCUT2D eigenvalue weighted by atomic mass is 10.2. The van der Waals surface area contributed by atoms with Crippen LogP contribution >= 0.6 is 11.6 Å². The van der Waals surface area contributed by atoms with Crippen LogP contribution in [0.3, 0.4) is 0 Å². The molecular formula is C18H13ClN4O. The number of hydrogen-bond donors (Lipinski definition) is 1. The molecule has 1 heterocycles. The Morgan fingerprint density at radius 1 is 1.25 bits per heavy atom. The second-order valence-electron chi connectivity index (χ2n) is 5.15. The summed E-state index contributed by atoms with van der Waals surface area (Å²) < 4.78 is 1.71. The summed E-state index contributed by atoms with van der Waals surface area (Å²) in [5.41, 5.74) is 2.90. The Kier molecular flexibility index (Phi) is 4.32. The molecule has 118 valence electrons. The molecule has 0 saturated heterocycles. The molecule has 24 heavy (non-hydrogen) atoms. The summed E-state index contributed by atoms with van der Waals surface area (Å²) in [6.45, 7) is 1.83. The van der Waals surface area contributed by atoms with Crippen LogP contribution in [0, 0.1) is 18.3 Å². The molecule has 3 aromatic rings. The molecule has 6 heteroatoms. The average Bonchev–Trinajstić information content (AvgIpc) is 2.99. The minimum atomic E-state index is -0.291. The van der Waals surface area contributed by atoms with Crippen LogP contribution in [0.4, 0.5) is 5.69 Å². The number of aromatic nitrogens is 2. The number of halogens is 1. The van der Waals surface area contributed by atoms with Crippen LogP contribution in [-0.2, 0) is 0 Å². The van der Waals surface area contributed by atoms with Crippen molar-refractivity contribution >= 4 is 23.2 Å². The van der Waals surface area contributed by atoms with Gasteiger partial charge in [0.25, 0.3) is 5.91 Å². The number of nitrogens with one attached hydrogen (secondary N) is 1. The van der Waals surface area contributed by atoms with Gasteiger partial charge >= 0.3 is 0 Å². The van der Waals surface area contributed by atoms with E-state index in [-0.39, 0.29) is 5.91 Å². The van der Waals surface area contributed by atoms with Crippen molar-refractivity contribution in [3.05, 3.63) is 76.6 Å². The monoisotopic (exact) mass is 336 g/mol. The largest absolute Gasteiger partial charge is 0.322 e.